The number of piperidine rings is 1. The summed E-state index contributed by atoms with van der Waals surface area (Å²) in [7, 11) is 1.28. The summed E-state index contributed by atoms with van der Waals surface area (Å²) < 4.78 is 4.74. The number of methoxy groups -OCH3 is 1. The second kappa shape index (κ2) is 8.65. The maximum absolute atomic E-state index is 12.7. The van der Waals surface area contributed by atoms with Crippen LogP contribution in [0.5, 0.6) is 0 Å². The van der Waals surface area contributed by atoms with E-state index in [2.05, 4.69) is 17.2 Å². The van der Waals surface area contributed by atoms with Gasteiger partial charge in [-0.2, -0.15) is 0 Å². The van der Waals surface area contributed by atoms with Crippen LogP contribution < -0.4 is 5.32 Å². The number of amides is 2. The normalized spacial score (nSPS) is 14.4. The molecule has 1 aliphatic rings. The highest BCUT2D eigenvalue weighted by atomic mass is 16.5. The van der Waals surface area contributed by atoms with Gasteiger partial charge in [-0.3, -0.25) is 14.6 Å². The number of para-hydroxylation sites is 1. The van der Waals surface area contributed by atoms with E-state index in [9.17, 15) is 14.4 Å². The number of nitrogens with one attached hydrogen (secondary N) is 1. The third-order valence-electron chi connectivity index (χ3n) is 4.89. The largest absolute Gasteiger partial charge is 0.465 e. The van der Waals surface area contributed by atoms with Gasteiger partial charge in [0.15, 0.2) is 0 Å². The number of hydrogen-bond acceptors (Lipinski definition) is 5. The third-order valence-corrected chi connectivity index (χ3v) is 4.89. The molecule has 0 aliphatic carbocycles. The fourth-order valence-corrected chi connectivity index (χ4v) is 3.14. The smallest absolute Gasteiger partial charge is 0.339 e. The summed E-state index contributed by atoms with van der Waals surface area (Å²) in [6, 6.07) is 9.60. The average Bonchev–Trinajstić information content (AvgIpc) is 2.73. The Kier molecular flexibility index (Phi) is 6.03. The number of likely N-dealkylation sites (tertiary alicyclic amines) is 1. The van der Waals surface area contributed by atoms with Gasteiger partial charge < -0.3 is 15.0 Å². The van der Waals surface area contributed by atoms with Crippen molar-refractivity contribution in [2.24, 2.45) is 5.92 Å². The van der Waals surface area contributed by atoms with E-state index in [0.717, 1.165) is 12.8 Å². The number of nitrogens with zero attached hydrogens (tertiary/aromatic N) is 2. The zero-order valence-corrected chi connectivity index (χ0v) is 16.0. The number of esters is 1. The Balaban J connectivity index is 1.76. The van der Waals surface area contributed by atoms with Gasteiger partial charge in [0, 0.05) is 24.8 Å². The summed E-state index contributed by atoms with van der Waals surface area (Å²) in [5.74, 6) is -0.526. The van der Waals surface area contributed by atoms with Crippen LogP contribution in [0, 0.1) is 5.92 Å². The van der Waals surface area contributed by atoms with Gasteiger partial charge in [0.05, 0.1) is 18.4 Å². The van der Waals surface area contributed by atoms with Crippen molar-refractivity contribution in [3.8, 4) is 0 Å². The Labute approximate surface area is 163 Å². The zero-order chi connectivity index (χ0) is 20.1. The predicted molar refractivity (Wildman–Crippen MR) is 104 cm³/mol. The summed E-state index contributed by atoms with van der Waals surface area (Å²) in [6.45, 7) is 3.58. The zero-order valence-electron chi connectivity index (χ0n) is 16.0. The monoisotopic (exact) mass is 381 g/mol. The van der Waals surface area contributed by atoms with Crippen molar-refractivity contribution in [2.45, 2.75) is 19.8 Å². The van der Waals surface area contributed by atoms with Crippen LogP contribution in [-0.4, -0.2) is 47.9 Å². The standard InChI is InChI=1S/C21H23N3O4/c1-14-8-11-24(12-9-14)20(26)18-13-15(7-10-22-18)19(25)23-17-6-4-3-5-16(17)21(27)28-2/h3-7,10,13-14H,8-9,11-12H2,1-2H3,(H,23,25). The van der Waals surface area contributed by atoms with Gasteiger partial charge in [-0.25, -0.2) is 4.79 Å². The molecule has 1 saturated heterocycles. The number of aromatic nitrogens is 1. The van der Waals surface area contributed by atoms with Gasteiger partial charge in [-0.1, -0.05) is 19.1 Å². The molecule has 7 heteroatoms. The van der Waals surface area contributed by atoms with Gasteiger partial charge in [-0.15, -0.1) is 0 Å². The molecule has 0 radical (unpaired) electrons. The van der Waals surface area contributed by atoms with E-state index in [1.165, 1.54) is 25.4 Å². The predicted octanol–water partition coefficient (Wildman–Crippen LogP) is 2.99. The Bertz CT molecular complexity index is 889. The van der Waals surface area contributed by atoms with Crippen molar-refractivity contribution in [3.05, 3.63) is 59.4 Å². The Morgan fingerprint density at radius 1 is 1.14 bits per heavy atom. The first-order valence-electron chi connectivity index (χ1n) is 9.23. The minimum absolute atomic E-state index is 0.170. The summed E-state index contributed by atoms with van der Waals surface area (Å²) in [5, 5.41) is 2.70. The second-order valence-corrected chi connectivity index (χ2v) is 6.90. The number of carbonyl (C=O) groups excluding carboxylic acids is 3. The number of rotatable bonds is 4. The molecule has 146 valence electrons. The van der Waals surface area contributed by atoms with E-state index < -0.39 is 11.9 Å². The lowest BCUT2D eigenvalue weighted by Gasteiger charge is -2.30. The lowest BCUT2D eigenvalue weighted by molar-refractivity contribution is 0.0601. The van der Waals surface area contributed by atoms with Crippen molar-refractivity contribution in [2.75, 3.05) is 25.5 Å². The summed E-state index contributed by atoms with van der Waals surface area (Å²) in [6.07, 6.45) is 3.38. The lowest BCUT2D eigenvalue weighted by Crippen LogP contribution is -2.38. The van der Waals surface area contributed by atoms with Crippen LogP contribution in [0.25, 0.3) is 0 Å². The first kappa shape index (κ1) is 19.5. The summed E-state index contributed by atoms with van der Waals surface area (Å²) in [5.41, 5.74) is 1.13. The molecule has 2 heterocycles. The SMILES string of the molecule is COC(=O)c1ccccc1NC(=O)c1ccnc(C(=O)N2CCC(C)CC2)c1. The van der Waals surface area contributed by atoms with Crippen molar-refractivity contribution in [1.82, 2.24) is 9.88 Å². The molecule has 2 amide bonds. The van der Waals surface area contributed by atoms with Crippen molar-refractivity contribution < 1.29 is 19.1 Å². The first-order chi connectivity index (χ1) is 13.5. The van der Waals surface area contributed by atoms with E-state index in [0.29, 0.717) is 30.3 Å². The second-order valence-electron chi connectivity index (χ2n) is 6.90. The maximum Gasteiger partial charge on any atom is 0.339 e. The van der Waals surface area contributed by atoms with E-state index in [4.69, 9.17) is 4.74 Å². The van der Waals surface area contributed by atoms with Crippen LogP contribution in [0.3, 0.4) is 0 Å². The Hall–Kier alpha value is -3.22. The molecule has 0 spiro atoms. The highest BCUT2D eigenvalue weighted by Gasteiger charge is 2.23. The number of hydrogen-bond donors (Lipinski definition) is 1. The number of benzene rings is 1. The molecule has 1 fully saturated rings. The van der Waals surface area contributed by atoms with Gasteiger partial charge in [0.25, 0.3) is 11.8 Å². The molecule has 0 unspecified atom stereocenters. The van der Waals surface area contributed by atoms with Crippen molar-refractivity contribution in [3.63, 3.8) is 0 Å². The molecule has 2 aromatic rings. The molecular weight excluding hydrogens is 358 g/mol. The highest BCUT2D eigenvalue weighted by Crippen LogP contribution is 2.19. The molecule has 1 aromatic heterocycles. The fourth-order valence-electron chi connectivity index (χ4n) is 3.14. The molecule has 1 N–H and O–H groups in total. The molecule has 7 nitrogen and oxygen atoms in total. The lowest BCUT2D eigenvalue weighted by atomic mass is 9.99. The molecule has 3 rings (SSSR count). The number of ether oxygens (including phenoxy) is 1. The van der Waals surface area contributed by atoms with Crippen molar-refractivity contribution >= 4 is 23.5 Å². The maximum atomic E-state index is 12.7. The number of carbonyl (C=O) groups is 3. The quantitative estimate of drug-likeness (QED) is 0.823. The van der Waals surface area contributed by atoms with Gasteiger partial charge >= 0.3 is 5.97 Å². The van der Waals surface area contributed by atoms with Crippen LogP contribution in [-0.2, 0) is 4.74 Å². The number of pyridine rings is 1. The van der Waals surface area contributed by atoms with Crippen LogP contribution in [0.2, 0.25) is 0 Å². The van der Waals surface area contributed by atoms with Crippen LogP contribution >= 0.6 is 0 Å². The first-order valence-corrected chi connectivity index (χ1v) is 9.23. The van der Waals surface area contributed by atoms with E-state index in [-0.39, 0.29) is 17.2 Å². The molecule has 28 heavy (non-hydrogen) atoms. The Morgan fingerprint density at radius 2 is 1.86 bits per heavy atom. The van der Waals surface area contributed by atoms with Gasteiger partial charge in [0.1, 0.15) is 5.69 Å². The van der Waals surface area contributed by atoms with Gasteiger partial charge in [-0.05, 0) is 43.0 Å². The molecule has 0 bridgehead atoms. The molecule has 0 atom stereocenters. The van der Waals surface area contributed by atoms with Crippen molar-refractivity contribution in [1.29, 1.82) is 0 Å². The van der Waals surface area contributed by atoms with E-state index in [1.807, 2.05) is 0 Å². The minimum Gasteiger partial charge on any atom is -0.465 e. The van der Waals surface area contributed by atoms with Crippen LogP contribution in [0.1, 0.15) is 51.0 Å². The summed E-state index contributed by atoms with van der Waals surface area (Å²) in [4.78, 5) is 43.1. The Morgan fingerprint density at radius 3 is 2.57 bits per heavy atom. The average molecular weight is 381 g/mol. The molecule has 0 saturated carbocycles. The van der Waals surface area contributed by atoms with Crippen LogP contribution in [0.4, 0.5) is 5.69 Å². The third kappa shape index (κ3) is 4.36. The fraction of sp³-hybridized carbons (Fsp3) is 0.333. The van der Waals surface area contributed by atoms with Crippen LogP contribution in [0.15, 0.2) is 42.6 Å². The van der Waals surface area contributed by atoms with E-state index in [1.54, 1.807) is 29.2 Å². The number of anilines is 1. The minimum atomic E-state index is -0.541. The highest BCUT2D eigenvalue weighted by molar-refractivity contribution is 6.08. The van der Waals surface area contributed by atoms with E-state index >= 15 is 0 Å². The topological polar surface area (TPSA) is 88.6 Å². The molecule has 1 aromatic carbocycles. The molecule has 1 aliphatic heterocycles. The molecular formula is C21H23N3O4. The van der Waals surface area contributed by atoms with Gasteiger partial charge in [0.2, 0.25) is 0 Å². The summed E-state index contributed by atoms with van der Waals surface area (Å²) >= 11 is 0.